The van der Waals surface area contributed by atoms with Crippen molar-refractivity contribution < 1.29 is 4.42 Å². The molecule has 10 nitrogen and oxygen atoms in total. The van der Waals surface area contributed by atoms with Crippen molar-refractivity contribution in [2.75, 3.05) is 14.7 Å². The number of rotatable bonds is 10. The van der Waals surface area contributed by atoms with Crippen LogP contribution in [0.25, 0.3) is 155 Å². The van der Waals surface area contributed by atoms with Gasteiger partial charge in [-0.2, -0.15) is 9.97 Å². The van der Waals surface area contributed by atoms with E-state index < -0.39 is 0 Å². The Morgan fingerprint density at radius 1 is 0.281 bits per heavy atom. The molecule has 11 heteroatoms. The Morgan fingerprint density at radius 2 is 0.750 bits per heavy atom. The third-order valence-electron chi connectivity index (χ3n) is 24.8. The van der Waals surface area contributed by atoms with Gasteiger partial charge in [-0.1, -0.05) is 329 Å². The Labute approximate surface area is 746 Å². The van der Waals surface area contributed by atoms with E-state index in [0.29, 0.717) is 17.6 Å². The van der Waals surface area contributed by atoms with E-state index in [1.54, 1.807) is 0 Å². The zero-order valence-corrected chi connectivity index (χ0v) is 70.8. The topological polar surface area (TPSA) is 100 Å². The molecule has 9 heterocycles. The lowest BCUT2D eigenvalue weighted by molar-refractivity contribution is 0.633. The second kappa shape index (κ2) is 32.3. The lowest BCUT2D eigenvalue weighted by atomic mass is 9.77. The van der Waals surface area contributed by atoms with Crippen LogP contribution in [0.15, 0.2) is 448 Å². The first-order valence-electron chi connectivity index (χ1n) is 43.2. The maximum Gasteiger partial charge on any atom is 0.238 e. The average Bonchev–Trinajstić information content (AvgIpc) is 1.54. The van der Waals surface area contributed by atoms with Crippen LogP contribution in [0.1, 0.15) is 36.1 Å². The predicted molar refractivity (Wildman–Crippen MR) is 528 cm³/mol. The van der Waals surface area contributed by atoms with E-state index in [9.17, 15) is 0 Å². The maximum absolute atomic E-state index is 6.69. The number of thiophene rings is 1. The Balaban J connectivity index is 0.000000110. The molecule has 6 aromatic heterocycles. The van der Waals surface area contributed by atoms with E-state index in [2.05, 4.69) is 361 Å². The van der Waals surface area contributed by atoms with Gasteiger partial charge in [-0.05, 0) is 171 Å². The monoisotopic (exact) mass is 1660 g/mol. The van der Waals surface area contributed by atoms with Crippen LogP contribution < -0.4 is 14.7 Å². The molecule has 0 N–H and O–H groups in total. The van der Waals surface area contributed by atoms with Crippen LogP contribution in [0.3, 0.4) is 0 Å². The molecule has 0 amide bonds. The summed E-state index contributed by atoms with van der Waals surface area (Å²) in [6, 6.07) is 151. The van der Waals surface area contributed by atoms with Crippen LogP contribution in [0.4, 0.5) is 51.6 Å². The molecule has 0 spiro atoms. The predicted octanol–water partition coefficient (Wildman–Crippen LogP) is 31.3. The summed E-state index contributed by atoms with van der Waals surface area (Å²) in [5, 5.41) is 2.35. The Bertz CT molecular complexity index is 7680. The molecule has 0 unspecified atom stereocenters. The molecule has 3 aliphatic heterocycles. The standard InChI is InChI=1S/C41H26N4O.C40H30N2.C36H23N3S/c1-4-14-27(15-5-1)30-24-25-35-33(26-30)37-32-21-11-13-23-36(32)46-38(37)31-20-10-12-22-34(31)45(35)41-43-39(28-16-6-2-7-17-28)42-40(44-41)29-18-8-3-9-19-29;1-40(2)34-19-9-6-16-31(34)38-32-17-7-10-21-36(32)42(37-22-11-8-18-33(37)39(38)40)30-25-28(27-14-4-3-5-15-27)24-29(26-30)35-20-12-13-23-41-35;1-2-12-24(13-3-1)25-22-30(29-17-10-11-21-37-29)38-34(23-25)39-31-18-7-4-14-26(31)35-28-16-6-9-20-33(28)40-36(35)27-15-5-8-19-32(27)39/h1-26H;3-26H,1-2H3;1-23H. The summed E-state index contributed by atoms with van der Waals surface area (Å²) >= 11 is 1.86. The second-order valence-corrected chi connectivity index (χ2v) is 33.8. The van der Waals surface area contributed by atoms with E-state index in [4.69, 9.17) is 29.3 Å². The van der Waals surface area contributed by atoms with Gasteiger partial charge in [0, 0.05) is 105 Å². The molecule has 0 atom stereocenters. The molecule has 25 rings (SSSR count). The fraction of sp³-hybridized carbons (Fsp3) is 0.0256. The van der Waals surface area contributed by atoms with Gasteiger partial charge in [-0.3, -0.25) is 19.8 Å². The molecule has 21 aromatic rings. The van der Waals surface area contributed by atoms with Crippen molar-refractivity contribution in [1.82, 2.24) is 29.9 Å². The van der Waals surface area contributed by atoms with Crippen molar-refractivity contribution >= 4 is 95.1 Å². The number of anilines is 9. The number of furan rings is 1. The molecular weight excluding hydrogens is 1580 g/mol. The molecule has 128 heavy (non-hydrogen) atoms. The van der Waals surface area contributed by atoms with E-state index >= 15 is 0 Å². The van der Waals surface area contributed by atoms with Crippen molar-refractivity contribution in [3.05, 3.63) is 465 Å². The van der Waals surface area contributed by atoms with E-state index in [0.717, 1.165) is 124 Å². The van der Waals surface area contributed by atoms with Crippen molar-refractivity contribution in [3.63, 3.8) is 0 Å². The van der Waals surface area contributed by atoms with Crippen molar-refractivity contribution in [2.24, 2.45) is 0 Å². The SMILES string of the molecule is CC1(C)C2=C(c3ccccc3N(c3cc(-c4ccccc4)cc(-c4ccccn4)c3)c3ccccc32)c2ccccc21.c1ccc(-c2cc(-c3ccccn3)nc(N3c4ccccc4-c4sc5ccccc5c4-c4ccccc43)c2)cc1.c1ccc(-c2ccc3c(c2)-c2c(oc4ccccc24)-c2ccccc2N3c2nc(-c3ccccc3)nc(-c3ccccc3)n2)cc1. The molecule has 0 radical (unpaired) electrons. The number of para-hydroxylation sites is 6. The van der Waals surface area contributed by atoms with E-state index in [1.807, 2.05) is 127 Å². The number of fused-ring (bicyclic) bond motifs is 20. The number of allylic oxidation sites excluding steroid dienone is 1. The number of benzene rings is 15. The summed E-state index contributed by atoms with van der Waals surface area (Å²) < 4.78 is 7.99. The lowest BCUT2D eigenvalue weighted by Gasteiger charge is -2.31. The maximum atomic E-state index is 6.69. The van der Waals surface area contributed by atoms with Crippen LogP contribution in [0, 0.1) is 0 Å². The first-order valence-corrected chi connectivity index (χ1v) is 44.0. The summed E-state index contributed by atoms with van der Waals surface area (Å²) in [4.78, 5) is 38.2. The van der Waals surface area contributed by atoms with Crippen LogP contribution in [0.5, 0.6) is 0 Å². The Hall–Kier alpha value is -16.6. The van der Waals surface area contributed by atoms with E-state index in [-0.39, 0.29) is 5.41 Å². The van der Waals surface area contributed by atoms with Crippen molar-refractivity contribution in [1.29, 1.82) is 0 Å². The Morgan fingerprint density at radius 3 is 1.38 bits per heavy atom. The van der Waals surface area contributed by atoms with Crippen LogP contribution in [-0.4, -0.2) is 29.9 Å². The van der Waals surface area contributed by atoms with Gasteiger partial charge in [-0.25, -0.2) is 9.97 Å². The molecule has 4 aliphatic rings. The third-order valence-corrected chi connectivity index (χ3v) is 26.0. The normalized spacial score (nSPS) is 12.8. The quantitative estimate of drug-likeness (QED) is 0.132. The zero-order valence-electron chi connectivity index (χ0n) is 70.0. The van der Waals surface area contributed by atoms with Gasteiger partial charge < -0.3 is 9.32 Å². The molecule has 0 saturated carbocycles. The summed E-state index contributed by atoms with van der Waals surface area (Å²) in [5.74, 6) is 3.43. The summed E-state index contributed by atoms with van der Waals surface area (Å²) in [6.07, 6.45) is 3.69. The number of aromatic nitrogens is 6. The minimum Gasteiger partial charge on any atom is -0.455 e. The highest BCUT2D eigenvalue weighted by Crippen LogP contribution is 2.62. The lowest BCUT2D eigenvalue weighted by Crippen LogP contribution is -2.18. The molecule has 1 aliphatic carbocycles. The fourth-order valence-electron chi connectivity index (χ4n) is 19.0. The number of hydrogen-bond acceptors (Lipinski definition) is 11. The zero-order chi connectivity index (χ0) is 85.2. The van der Waals surface area contributed by atoms with Gasteiger partial charge in [0.2, 0.25) is 5.95 Å². The highest BCUT2D eigenvalue weighted by molar-refractivity contribution is 7.23. The average molecular weight is 1660 g/mol. The summed E-state index contributed by atoms with van der Waals surface area (Å²) in [6.45, 7) is 4.75. The fourth-order valence-corrected chi connectivity index (χ4v) is 20.3. The minimum atomic E-state index is -0.143. The van der Waals surface area contributed by atoms with Crippen molar-refractivity contribution in [2.45, 2.75) is 19.3 Å². The van der Waals surface area contributed by atoms with Crippen molar-refractivity contribution in [3.8, 4) is 123 Å². The van der Waals surface area contributed by atoms with Gasteiger partial charge in [0.15, 0.2) is 11.6 Å². The van der Waals surface area contributed by atoms with Gasteiger partial charge in [-0.15, -0.1) is 11.3 Å². The Kier molecular flexibility index (Phi) is 19.2. The second-order valence-electron chi connectivity index (χ2n) is 32.8. The number of hydrogen-bond donors (Lipinski definition) is 0. The highest BCUT2D eigenvalue weighted by atomic mass is 32.1. The first kappa shape index (κ1) is 76.3. The smallest absolute Gasteiger partial charge is 0.238 e. The third kappa shape index (κ3) is 13.5. The van der Waals surface area contributed by atoms with Gasteiger partial charge in [0.1, 0.15) is 17.2 Å². The molecule has 604 valence electrons. The van der Waals surface area contributed by atoms with Crippen LogP contribution in [-0.2, 0) is 5.41 Å². The van der Waals surface area contributed by atoms with Crippen LogP contribution in [0.2, 0.25) is 0 Å². The summed E-state index contributed by atoms with van der Waals surface area (Å²) in [7, 11) is 0. The van der Waals surface area contributed by atoms with Gasteiger partial charge in [0.05, 0.1) is 51.2 Å². The van der Waals surface area contributed by atoms with E-state index in [1.165, 1.54) is 87.6 Å². The molecule has 0 fully saturated rings. The summed E-state index contributed by atoms with van der Waals surface area (Å²) in [5.41, 5.74) is 35.5. The highest BCUT2D eigenvalue weighted by Gasteiger charge is 2.43. The van der Waals surface area contributed by atoms with Gasteiger partial charge in [0.25, 0.3) is 0 Å². The number of pyridine rings is 3. The van der Waals surface area contributed by atoms with Crippen LogP contribution >= 0.6 is 11.3 Å². The first-order chi connectivity index (χ1) is 63.3. The minimum absolute atomic E-state index is 0.143. The molecule has 0 saturated heterocycles. The molecule has 0 bridgehead atoms. The largest absolute Gasteiger partial charge is 0.455 e. The number of nitrogens with zero attached hydrogens (tertiary/aromatic N) is 9. The van der Waals surface area contributed by atoms with Gasteiger partial charge >= 0.3 is 0 Å². The molecular formula is C117H79N9OS. The molecule has 15 aromatic carbocycles.